The standard InChI is InChI=1S/C30H24BCl2F3N2O4/c1-28(2)22-12-17(5-8-23(22)31(40)41-28)6-10-27(39)26-9-7-21(25-4-3-11-38(25)26)24-16-29(42-37-24,30(34,35)36)18-13-19(32)15-20(33)14-18/h3-5,7-9,11-15,40H,6,10,16H2,1-2H3. The van der Waals surface area contributed by atoms with Crippen LogP contribution in [-0.2, 0) is 27.1 Å². The molecular weight excluding hydrogens is 591 g/mol. The number of fused-ring (bicyclic) bond motifs is 2. The predicted octanol–water partition coefficient (Wildman–Crippen LogP) is 6.60. The molecule has 42 heavy (non-hydrogen) atoms. The first kappa shape index (κ1) is 28.8. The molecule has 0 bridgehead atoms. The van der Waals surface area contributed by atoms with Crippen molar-refractivity contribution in [1.29, 1.82) is 0 Å². The average molecular weight is 615 g/mol. The minimum absolute atomic E-state index is 0.0459. The average Bonchev–Trinajstić information content (AvgIpc) is 3.63. The van der Waals surface area contributed by atoms with Gasteiger partial charge in [-0.15, -0.1) is 0 Å². The summed E-state index contributed by atoms with van der Waals surface area (Å²) < 4.78 is 50.7. The van der Waals surface area contributed by atoms with Gasteiger partial charge in [-0.25, -0.2) is 0 Å². The fourth-order valence-corrected chi connectivity index (χ4v) is 6.26. The Morgan fingerprint density at radius 1 is 1.10 bits per heavy atom. The molecule has 0 amide bonds. The van der Waals surface area contributed by atoms with E-state index in [4.69, 9.17) is 32.7 Å². The lowest BCUT2D eigenvalue weighted by Gasteiger charge is -2.29. The molecular formula is C30H24BCl2F3N2O4. The van der Waals surface area contributed by atoms with Gasteiger partial charge in [-0.1, -0.05) is 46.6 Å². The third kappa shape index (κ3) is 4.80. The van der Waals surface area contributed by atoms with E-state index in [2.05, 4.69) is 5.16 Å². The fraction of sp³-hybridized carbons (Fsp3) is 0.267. The number of carbonyl (C=O) groups excluding carboxylic acids is 1. The second kappa shape index (κ2) is 10.2. The number of halogens is 5. The molecule has 0 fully saturated rings. The van der Waals surface area contributed by atoms with E-state index in [1.165, 1.54) is 18.2 Å². The smallest absolute Gasteiger partial charge is 0.423 e. The number of nitrogens with zero attached hydrogens (tertiary/aromatic N) is 2. The van der Waals surface area contributed by atoms with E-state index in [9.17, 15) is 23.0 Å². The minimum atomic E-state index is -4.82. The van der Waals surface area contributed by atoms with Crippen LogP contribution in [0.15, 0.2) is 72.0 Å². The first-order chi connectivity index (χ1) is 19.8. The Balaban J connectivity index is 1.26. The predicted molar refractivity (Wildman–Crippen MR) is 155 cm³/mol. The van der Waals surface area contributed by atoms with Gasteiger partial charge in [0.2, 0.25) is 0 Å². The van der Waals surface area contributed by atoms with Crippen LogP contribution < -0.4 is 5.46 Å². The van der Waals surface area contributed by atoms with Gasteiger partial charge < -0.3 is 18.9 Å². The summed E-state index contributed by atoms with van der Waals surface area (Å²) in [6.07, 6.45) is -3.08. The van der Waals surface area contributed by atoms with Gasteiger partial charge in [-0.3, -0.25) is 4.79 Å². The van der Waals surface area contributed by atoms with Crippen LogP contribution in [0.1, 0.15) is 59.4 Å². The number of aryl methyl sites for hydroxylation is 1. The lowest BCUT2D eigenvalue weighted by atomic mass is 9.77. The molecule has 0 saturated carbocycles. The number of oxime groups is 1. The quantitative estimate of drug-likeness (QED) is 0.196. The normalized spacial score (nSPS) is 19.6. The monoisotopic (exact) mass is 614 g/mol. The van der Waals surface area contributed by atoms with E-state index in [0.717, 1.165) is 11.1 Å². The Labute approximate surface area is 249 Å². The van der Waals surface area contributed by atoms with Crippen LogP contribution in [0.3, 0.4) is 0 Å². The topological polar surface area (TPSA) is 72.5 Å². The van der Waals surface area contributed by atoms with Crippen molar-refractivity contribution >= 4 is 52.8 Å². The van der Waals surface area contributed by atoms with Crippen molar-refractivity contribution in [3.05, 3.63) is 105 Å². The maximum Gasteiger partial charge on any atom is 0.492 e. The Morgan fingerprint density at radius 3 is 2.55 bits per heavy atom. The van der Waals surface area contributed by atoms with Gasteiger partial charge in [-0.05, 0) is 79.3 Å². The Kier molecular flexibility index (Phi) is 6.96. The van der Waals surface area contributed by atoms with E-state index in [0.29, 0.717) is 28.7 Å². The lowest BCUT2D eigenvalue weighted by molar-refractivity contribution is -0.275. The molecule has 216 valence electrons. The number of benzene rings is 2. The SMILES string of the molecule is CC1(C)OB(O)c2ccc(CCC(=O)c3ccc(C4=NOC(c5cc(Cl)cc(Cl)c5)(C(F)(F)F)C4)c4cccn34)cc21. The third-order valence-corrected chi connectivity index (χ3v) is 8.32. The van der Waals surface area contributed by atoms with Crippen molar-refractivity contribution in [3.63, 3.8) is 0 Å². The summed E-state index contributed by atoms with van der Waals surface area (Å²) >= 11 is 12.0. The number of ketones is 1. The summed E-state index contributed by atoms with van der Waals surface area (Å²) in [6, 6.07) is 15.9. The van der Waals surface area contributed by atoms with Gasteiger partial charge in [0.25, 0.3) is 5.60 Å². The number of carbonyl (C=O) groups is 1. The van der Waals surface area contributed by atoms with Gasteiger partial charge >= 0.3 is 13.3 Å². The van der Waals surface area contributed by atoms with E-state index < -0.39 is 30.9 Å². The molecule has 1 N–H and O–H groups in total. The van der Waals surface area contributed by atoms with Crippen molar-refractivity contribution < 1.29 is 32.5 Å². The van der Waals surface area contributed by atoms with Crippen LogP contribution in [0, 0.1) is 0 Å². The molecule has 0 radical (unpaired) electrons. The lowest BCUT2D eigenvalue weighted by Crippen LogP contribution is -2.42. The van der Waals surface area contributed by atoms with Gasteiger partial charge in [0.15, 0.2) is 5.78 Å². The largest absolute Gasteiger partial charge is 0.492 e. The summed E-state index contributed by atoms with van der Waals surface area (Å²) in [6.45, 7) is 3.76. The van der Waals surface area contributed by atoms with Crippen molar-refractivity contribution in [1.82, 2.24) is 4.40 Å². The Morgan fingerprint density at radius 2 is 1.83 bits per heavy atom. The van der Waals surface area contributed by atoms with Gasteiger partial charge in [0.1, 0.15) is 0 Å². The highest BCUT2D eigenvalue weighted by atomic mass is 35.5. The van der Waals surface area contributed by atoms with Crippen molar-refractivity contribution in [2.24, 2.45) is 5.16 Å². The fourth-order valence-electron chi connectivity index (χ4n) is 5.73. The van der Waals surface area contributed by atoms with Crippen LogP contribution >= 0.6 is 23.2 Å². The van der Waals surface area contributed by atoms with Crippen LogP contribution in [-0.4, -0.2) is 34.2 Å². The first-order valence-electron chi connectivity index (χ1n) is 13.2. The van der Waals surface area contributed by atoms with Crippen LogP contribution in [0.4, 0.5) is 13.2 Å². The Hall–Kier alpha value is -3.31. The second-order valence-corrected chi connectivity index (χ2v) is 11.9. The van der Waals surface area contributed by atoms with Crippen molar-refractivity contribution in [2.75, 3.05) is 0 Å². The van der Waals surface area contributed by atoms with Gasteiger partial charge in [0, 0.05) is 33.8 Å². The van der Waals surface area contributed by atoms with E-state index in [1.807, 2.05) is 32.0 Å². The molecule has 1 unspecified atom stereocenters. The molecule has 1 atom stereocenters. The van der Waals surface area contributed by atoms with Crippen molar-refractivity contribution in [2.45, 2.75) is 50.5 Å². The highest BCUT2D eigenvalue weighted by Crippen LogP contribution is 2.50. The zero-order valence-corrected chi connectivity index (χ0v) is 24.0. The molecule has 6 nitrogen and oxygen atoms in total. The van der Waals surface area contributed by atoms with Crippen LogP contribution in [0.2, 0.25) is 10.0 Å². The highest BCUT2D eigenvalue weighted by molar-refractivity contribution is 6.61. The van der Waals surface area contributed by atoms with Gasteiger partial charge in [-0.2, -0.15) is 13.2 Å². The van der Waals surface area contributed by atoms with Gasteiger partial charge in [0.05, 0.1) is 28.9 Å². The van der Waals surface area contributed by atoms with Crippen LogP contribution in [0.25, 0.3) is 5.52 Å². The summed E-state index contributed by atoms with van der Waals surface area (Å²) in [7, 11) is -0.981. The maximum atomic E-state index is 14.5. The molecule has 2 aliphatic rings. The molecule has 12 heteroatoms. The maximum absolute atomic E-state index is 14.5. The number of hydrogen-bond acceptors (Lipinski definition) is 5. The molecule has 0 spiro atoms. The zero-order chi connectivity index (χ0) is 30.0. The summed E-state index contributed by atoms with van der Waals surface area (Å²) in [5, 5.41) is 14.1. The summed E-state index contributed by atoms with van der Waals surface area (Å²) in [5.74, 6) is -0.137. The first-order valence-corrected chi connectivity index (χ1v) is 14.0. The van der Waals surface area contributed by atoms with E-state index in [-0.39, 0.29) is 33.5 Å². The molecule has 2 aliphatic heterocycles. The molecule has 6 rings (SSSR count). The summed E-state index contributed by atoms with van der Waals surface area (Å²) in [4.78, 5) is 18.5. The van der Waals surface area contributed by atoms with Crippen molar-refractivity contribution in [3.8, 4) is 0 Å². The number of aromatic nitrogens is 1. The summed E-state index contributed by atoms with van der Waals surface area (Å²) in [5.41, 5.74) is 0.274. The highest BCUT2D eigenvalue weighted by Gasteiger charge is 2.62. The second-order valence-electron chi connectivity index (χ2n) is 11.0. The number of hydrogen-bond donors (Lipinski definition) is 1. The number of alkyl halides is 3. The molecule has 2 aromatic heterocycles. The van der Waals surface area contributed by atoms with E-state index >= 15 is 0 Å². The molecule has 2 aromatic carbocycles. The zero-order valence-electron chi connectivity index (χ0n) is 22.5. The number of rotatable bonds is 6. The molecule has 4 heterocycles. The number of Topliss-reactive ketones (excluding diaryl/α,β-unsaturated/α-hetero) is 1. The third-order valence-electron chi connectivity index (χ3n) is 7.88. The molecule has 4 aromatic rings. The van der Waals surface area contributed by atoms with E-state index in [1.54, 1.807) is 34.9 Å². The molecule has 0 aliphatic carbocycles. The Bertz CT molecular complexity index is 1750. The minimum Gasteiger partial charge on any atom is -0.423 e. The molecule has 0 saturated heterocycles. The number of pyridine rings is 1. The van der Waals surface area contributed by atoms with Crippen LogP contribution in [0.5, 0.6) is 0 Å².